The number of carboxylic acid groups (broad SMARTS) is 1. The van der Waals surface area contributed by atoms with E-state index in [9.17, 15) is 18.8 Å². The van der Waals surface area contributed by atoms with Gasteiger partial charge in [-0.3, -0.25) is 9.59 Å². The van der Waals surface area contributed by atoms with E-state index in [2.05, 4.69) is 0 Å². The van der Waals surface area contributed by atoms with Gasteiger partial charge in [0, 0.05) is 0 Å². The molecule has 2 amide bonds. The second-order valence-corrected chi connectivity index (χ2v) is 5.11. The van der Waals surface area contributed by atoms with Crippen molar-refractivity contribution in [1.82, 2.24) is 0 Å². The highest BCUT2D eigenvalue weighted by Gasteiger charge is 2.48. The third-order valence-corrected chi connectivity index (χ3v) is 3.95. The molecule has 21 heavy (non-hydrogen) atoms. The molecule has 0 spiro atoms. The number of carbonyl (C=O) groups is 3. The van der Waals surface area contributed by atoms with E-state index in [1.807, 2.05) is 12.2 Å². The van der Waals surface area contributed by atoms with Crippen molar-refractivity contribution in [2.45, 2.75) is 12.8 Å². The summed E-state index contributed by atoms with van der Waals surface area (Å²) < 4.78 is 13.7. The van der Waals surface area contributed by atoms with Crippen molar-refractivity contribution in [2.24, 2.45) is 11.8 Å². The first-order valence-corrected chi connectivity index (χ1v) is 6.57. The van der Waals surface area contributed by atoms with Crippen LogP contribution in [0, 0.1) is 17.7 Å². The van der Waals surface area contributed by atoms with Gasteiger partial charge in [-0.15, -0.1) is 0 Å². The van der Waals surface area contributed by atoms with Crippen molar-refractivity contribution in [2.75, 3.05) is 4.90 Å². The number of aromatic carboxylic acids is 1. The zero-order valence-electron chi connectivity index (χ0n) is 11.0. The number of hydrogen-bond acceptors (Lipinski definition) is 3. The Morgan fingerprint density at radius 1 is 1.14 bits per heavy atom. The number of benzene rings is 1. The highest BCUT2D eigenvalue weighted by Crippen LogP contribution is 2.39. The third kappa shape index (κ3) is 1.94. The van der Waals surface area contributed by atoms with Crippen LogP contribution in [0.1, 0.15) is 23.2 Å². The average molecular weight is 289 g/mol. The van der Waals surface area contributed by atoms with Crippen LogP contribution >= 0.6 is 0 Å². The molecule has 3 rings (SSSR count). The molecule has 108 valence electrons. The van der Waals surface area contributed by atoms with Crippen LogP contribution in [-0.4, -0.2) is 22.9 Å². The van der Waals surface area contributed by atoms with E-state index in [0.717, 1.165) is 11.0 Å². The van der Waals surface area contributed by atoms with E-state index in [1.165, 1.54) is 12.1 Å². The van der Waals surface area contributed by atoms with E-state index in [0.29, 0.717) is 12.8 Å². The van der Waals surface area contributed by atoms with Crippen molar-refractivity contribution >= 4 is 23.5 Å². The summed E-state index contributed by atoms with van der Waals surface area (Å²) in [4.78, 5) is 36.8. The average Bonchev–Trinajstić information content (AvgIpc) is 2.71. The minimum Gasteiger partial charge on any atom is -0.478 e. The number of hydrogen-bond donors (Lipinski definition) is 1. The Morgan fingerprint density at radius 3 is 2.24 bits per heavy atom. The van der Waals surface area contributed by atoms with Crippen LogP contribution in [0.5, 0.6) is 0 Å². The third-order valence-electron chi connectivity index (χ3n) is 3.95. The number of halogens is 1. The first kappa shape index (κ1) is 13.5. The fraction of sp³-hybridized carbons (Fsp3) is 0.267. The highest BCUT2D eigenvalue weighted by molar-refractivity contribution is 6.24. The van der Waals surface area contributed by atoms with E-state index < -0.39 is 41.0 Å². The summed E-state index contributed by atoms with van der Waals surface area (Å²) in [6.07, 6.45) is 4.56. The quantitative estimate of drug-likeness (QED) is 0.667. The topological polar surface area (TPSA) is 74.7 Å². The first-order chi connectivity index (χ1) is 10.0. The number of fused-ring (bicyclic) bond motifs is 1. The molecule has 2 aliphatic rings. The molecule has 1 aliphatic carbocycles. The van der Waals surface area contributed by atoms with Gasteiger partial charge in [0.15, 0.2) is 0 Å². The molecule has 5 nitrogen and oxygen atoms in total. The Hall–Kier alpha value is -2.50. The predicted molar refractivity (Wildman–Crippen MR) is 71.2 cm³/mol. The molecule has 1 aromatic carbocycles. The zero-order valence-corrected chi connectivity index (χ0v) is 11.0. The molecule has 1 aromatic rings. The Bertz CT molecular complexity index is 656. The predicted octanol–water partition coefficient (Wildman–Crippen LogP) is 1.98. The number of carbonyl (C=O) groups excluding carboxylic acids is 2. The van der Waals surface area contributed by atoms with Gasteiger partial charge in [0.25, 0.3) is 0 Å². The second kappa shape index (κ2) is 4.80. The monoisotopic (exact) mass is 289 g/mol. The number of imide groups is 1. The molecule has 2 unspecified atom stereocenters. The number of allylic oxidation sites excluding steroid dienone is 2. The van der Waals surface area contributed by atoms with Gasteiger partial charge in [-0.25, -0.2) is 14.1 Å². The molecule has 1 aliphatic heterocycles. The smallest absolute Gasteiger partial charge is 0.340 e. The SMILES string of the molecule is O=C(O)c1c(F)cccc1N1C(=O)C2CC=CCC2C1=O. The van der Waals surface area contributed by atoms with E-state index in [-0.39, 0.29) is 5.69 Å². The summed E-state index contributed by atoms with van der Waals surface area (Å²) in [6.45, 7) is 0. The van der Waals surface area contributed by atoms with Crippen LogP contribution < -0.4 is 4.90 Å². The van der Waals surface area contributed by atoms with Gasteiger partial charge in [0.1, 0.15) is 11.4 Å². The second-order valence-electron chi connectivity index (χ2n) is 5.11. The van der Waals surface area contributed by atoms with Gasteiger partial charge in [-0.05, 0) is 25.0 Å². The van der Waals surface area contributed by atoms with Gasteiger partial charge < -0.3 is 5.11 Å². The van der Waals surface area contributed by atoms with Crippen LogP contribution in [0.2, 0.25) is 0 Å². The van der Waals surface area contributed by atoms with Gasteiger partial charge in [-0.1, -0.05) is 18.2 Å². The van der Waals surface area contributed by atoms with Gasteiger partial charge >= 0.3 is 5.97 Å². The van der Waals surface area contributed by atoms with Crippen molar-refractivity contribution in [3.8, 4) is 0 Å². The Kier molecular flexibility index (Phi) is 3.08. The minimum absolute atomic E-state index is 0.188. The van der Waals surface area contributed by atoms with Gasteiger partial charge in [0.05, 0.1) is 17.5 Å². The number of rotatable bonds is 2. The molecule has 0 aromatic heterocycles. The van der Waals surface area contributed by atoms with Crippen molar-refractivity contribution in [3.05, 3.63) is 41.7 Å². The lowest BCUT2D eigenvalue weighted by Crippen LogP contribution is -2.32. The fourth-order valence-corrected chi connectivity index (χ4v) is 2.95. The molecule has 2 atom stereocenters. The summed E-state index contributed by atoms with van der Waals surface area (Å²) in [5.74, 6) is -4.34. The van der Waals surface area contributed by atoms with Crippen molar-refractivity contribution in [3.63, 3.8) is 0 Å². The van der Waals surface area contributed by atoms with Crippen molar-refractivity contribution < 1.29 is 23.9 Å². The van der Waals surface area contributed by atoms with Gasteiger partial charge in [-0.2, -0.15) is 0 Å². The molecular formula is C15H12FNO4. The lowest BCUT2D eigenvalue weighted by atomic mass is 9.85. The lowest BCUT2D eigenvalue weighted by molar-refractivity contribution is -0.122. The lowest BCUT2D eigenvalue weighted by Gasteiger charge is -2.17. The molecule has 1 N–H and O–H groups in total. The molecule has 1 fully saturated rings. The molecule has 0 radical (unpaired) electrons. The van der Waals surface area contributed by atoms with Gasteiger partial charge in [0.2, 0.25) is 11.8 Å². The normalized spacial score (nSPS) is 24.3. The maximum absolute atomic E-state index is 13.7. The molecule has 0 bridgehead atoms. The molecular weight excluding hydrogens is 277 g/mol. The van der Waals surface area contributed by atoms with Crippen LogP contribution in [0.25, 0.3) is 0 Å². The molecule has 6 heteroatoms. The Morgan fingerprint density at radius 2 is 1.71 bits per heavy atom. The standard InChI is InChI=1S/C15H12FNO4/c16-10-6-3-7-11(12(10)15(20)21)17-13(18)8-4-1-2-5-9(8)14(17)19/h1-3,6-9H,4-5H2,(H,20,21). The van der Waals surface area contributed by atoms with Crippen LogP contribution in [-0.2, 0) is 9.59 Å². The molecule has 1 heterocycles. The number of amides is 2. The van der Waals surface area contributed by atoms with Crippen LogP contribution in [0.3, 0.4) is 0 Å². The minimum atomic E-state index is -1.50. The van der Waals surface area contributed by atoms with E-state index in [4.69, 9.17) is 5.11 Å². The summed E-state index contributed by atoms with van der Waals surface area (Å²) in [7, 11) is 0. The number of anilines is 1. The van der Waals surface area contributed by atoms with E-state index in [1.54, 1.807) is 0 Å². The zero-order chi connectivity index (χ0) is 15.1. The maximum atomic E-state index is 13.7. The van der Waals surface area contributed by atoms with Crippen molar-refractivity contribution in [1.29, 1.82) is 0 Å². The van der Waals surface area contributed by atoms with Crippen LogP contribution in [0.15, 0.2) is 30.4 Å². The summed E-state index contributed by atoms with van der Waals surface area (Å²) in [6, 6.07) is 3.57. The highest BCUT2D eigenvalue weighted by atomic mass is 19.1. The Balaban J connectivity index is 2.10. The largest absolute Gasteiger partial charge is 0.478 e. The van der Waals surface area contributed by atoms with Crippen LogP contribution in [0.4, 0.5) is 10.1 Å². The first-order valence-electron chi connectivity index (χ1n) is 6.57. The summed E-state index contributed by atoms with van der Waals surface area (Å²) >= 11 is 0. The number of nitrogens with zero attached hydrogens (tertiary/aromatic N) is 1. The summed E-state index contributed by atoms with van der Waals surface area (Å²) in [5.41, 5.74) is -0.835. The fourth-order valence-electron chi connectivity index (χ4n) is 2.95. The number of carboxylic acids is 1. The van der Waals surface area contributed by atoms with E-state index >= 15 is 0 Å². The molecule has 1 saturated heterocycles. The Labute approximate surface area is 119 Å². The maximum Gasteiger partial charge on any atom is 0.340 e. The molecule has 0 saturated carbocycles. The summed E-state index contributed by atoms with van der Waals surface area (Å²) in [5, 5.41) is 9.14.